The Bertz CT molecular complexity index is 546. The summed E-state index contributed by atoms with van der Waals surface area (Å²) >= 11 is 6.90. The average molecular weight is 263 g/mol. The van der Waals surface area contributed by atoms with Crippen molar-refractivity contribution >= 4 is 23.6 Å². The maximum atomic E-state index is 5.22. The van der Waals surface area contributed by atoms with E-state index in [0.717, 1.165) is 10.4 Å². The van der Waals surface area contributed by atoms with Crippen molar-refractivity contribution in [3.8, 4) is 11.3 Å². The van der Waals surface area contributed by atoms with Crippen molar-refractivity contribution in [2.45, 2.75) is 33.1 Å². The third-order valence-corrected chi connectivity index (χ3v) is 4.29. The number of rotatable bonds is 3. The Morgan fingerprint density at radius 1 is 1.24 bits per heavy atom. The summed E-state index contributed by atoms with van der Waals surface area (Å²) in [4.78, 5) is 4.63. The second-order valence-corrected chi connectivity index (χ2v) is 6.21. The minimum absolute atomic E-state index is 0.579. The van der Waals surface area contributed by atoms with Gasteiger partial charge in [-0.05, 0) is 35.7 Å². The molecule has 1 N–H and O–H groups in total. The Balaban J connectivity index is 2.42. The lowest BCUT2D eigenvalue weighted by Gasteiger charge is -2.06. The van der Waals surface area contributed by atoms with Crippen LogP contribution in [0.15, 0.2) is 24.3 Å². The van der Waals surface area contributed by atoms with Crippen LogP contribution in [0.1, 0.15) is 37.1 Å². The summed E-state index contributed by atoms with van der Waals surface area (Å²) in [6, 6.07) is 8.77. The molecule has 1 aromatic heterocycles. The molecule has 0 saturated heterocycles. The zero-order valence-electron chi connectivity index (χ0n) is 10.4. The van der Waals surface area contributed by atoms with Crippen LogP contribution in [0.25, 0.3) is 11.3 Å². The lowest BCUT2D eigenvalue weighted by molar-refractivity contribution is 0.867. The van der Waals surface area contributed by atoms with Crippen LogP contribution in [0.4, 0.5) is 0 Å². The minimum atomic E-state index is 0.579. The number of aromatic nitrogens is 1. The second-order valence-electron chi connectivity index (χ2n) is 4.44. The van der Waals surface area contributed by atoms with Crippen molar-refractivity contribution in [3.63, 3.8) is 0 Å². The molecule has 0 spiro atoms. The summed E-state index contributed by atoms with van der Waals surface area (Å²) in [5.74, 6) is 0.579. The average Bonchev–Trinajstić information content (AvgIpc) is 2.70. The fourth-order valence-corrected chi connectivity index (χ4v) is 3.07. The molecule has 2 aromatic rings. The predicted octanol–water partition coefficient (Wildman–Crippen LogP) is 5.16. The van der Waals surface area contributed by atoms with Crippen LogP contribution >= 0.6 is 23.6 Å². The molecular weight excluding hydrogens is 246 g/mol. The molecule has 3 heteroatoms. The van der Waals surface area contributed by atoms with Crippen molar-refractivity contribution in [2.75, 3.05) is 0 Å². The number of aryl methyl sites for hydroxylation is 1. The van der Waals surface area contributed by atoms with Crippen molar-refractivity contribution in [1.82, 2.24) is 4.98 Å². The molecule has 2 rings (SSSR count). The van der Waals surface area contributed by atoms with E-state index in [0.29, 0.717) is 5.92 Å². The molecule has 0 radical (unpaired) electrons. The molecular formula is C14H17NS2. The highest BCUT2D eigenvalue weighted by molar-refractivity contribution is 7.73. The SMILES string of the molecule is CCc1sc(=S)[nH]c1-c1ccc(C(C)C)cc1. The Morgan fingerprint density at radius 2 is 1.88 bits per heavy atom. The van der Waals surface area contributed by atoms with Gasteiger partial charge in [-0.1, -0.05) is 45.0 Å². The molecule has 0 saturated carbocycles. The summed E-state index contributed by atoms with van der Waals surface area (Å²) in [6.45, 7) is 6.59. The van der Waals surface area contributed by atoms with E-state index in [1.807, 2.05) is 0 Å². The van der Waals surface area contributed by atoms with Gasteiger partial charge >= 0.3 is 0 Å². The van der Waals surface area contributed by atoms with Crippen molar-refractivity contribution in [3.05, 3.63) is 38.7 Å². The van der Waals surface area contributed by atoms with Gasteiger partial charge in [0.25, 0.3) is 0 Å². The van der Waals surface area contributed by atoms with Crippen LogP contribution in [0, 0.1) is 3.95 Å². The van der Waals surface area contributed by atoms with E-state index in [1.54, 1.807) is 11.3 Å². The van der Waals surface area contributed by atoms with Crippen LogP contribution in [0.5, 0.6) is 0 Å². The lowest BCUT2D eigenvalue weighted by Crippen LogP contribution is -1.88. The Kier molecular flexibility index (Phi) is 3.79. The topological polar surface area (TPSA) is 15.8 Å². The van der Waals surface area contributed by atoms with Crippen molar-refractivity contribution < 1.29 is 0 Å². The minimum Gasteiger partial charge on any atom is -0.337 e. The number of benzene rings is 1. The van der Waals surface area contributed by atoms with Crippen LogP contribution in [0.2, 0.25) is 0 Å². The fourth-order valence-electron chi connectivity index (χ4n) is 1.88. The first-order chi connectivity index (χ1) is 8.11. The molecule has 0 bridgehead atoms. The van der Waals surface area contributed by atoms with Crippen LogP contribution in [0.3, 0.4) is 0 Å². The largest absolute Gasteiger partial charge is 0.337 e. The van der Waals surface area contributed by atoms with Gasteiger partial charge in [-0.2, -0.15) is 0 Å². The summed E-state index contributed by atoms with van der Waals surface area (Å²) in [7, 11) is 0. The number of thiazole rings is 1. The van der Waals surface area contributed by atoms with E-state index in [-0.39, 0.29) is 0 Å². The molecule has 0 unspecified atom stereocenters. The molecule has 0 aliphatic carbocycles. The van der Waals surface area contributed by atoms with E-state index < -0.39 is 0 Å². The van der Waals surface area contributed by atoms with E-state index in [1.165, 1.54) is 21.7 Å². The first-order valence-electron chi connectivity index (χ1n) is 5.94. The van der Waals surface area contributed by atoms with Crippen LogP contribution in [-0.2, 0) is 6.42 Å². The quantitative estimate of drug-likeness (QED) is 0.756. The summed E-state index contributed by atoms with van der Waals surface area (Å²) in [6.07, 6.45) is 1.03. The third-order valence-electron chi connectivity index (χ3n) is 2.91. The van der Waals surface area contributed by atoms with E-state index in [9.17, 15) is 0 Å². The predicted molar refractivity (Wildman–Crippen MR) is 78.4 cm³/mol. The number of hydrogen-bond acceptors (Lipinski definition) is 2. The number of aromatic amines is 1. The molecule has 90 valence electrons. The zero-order valence-corrected chi connectivity index (χ0v) is 12.0. The highest BCUT2D eigenvalue weighted by Crippen LogP contribution is 2.28. The van der Waals surface area contributed by atoms with Crippen LogP contribution < -0.4 is 0 Å². The highest BCUT2D eigenvalue weighted by Gasteiger charge is 2.07. The van der Waals surface area contributed by atoms with Gasteiger partial charge in [0.2, 0.25) is 0 Å². The molecule has 1 nitrogen and oxygen atoms in total. The molecule has 1 aromatic carbocycles. The molecule has 0 amide bonds. The standard InChI is InChI=1S/C14H17NS2/c1-4-12-13(15-14(16)17-12)11-7-5-10(6-8-11)9(2)3/h5-9H,4H2,1-3H3,(H,15,16). The summed E-state index contributed by atoms with van der Waals surface area (Å²) < 4.78 is 0.866. The van der Waals surface area contributed by atoms with Gasteiger partial charge in [0.05, 0.1) is 5.69 Å². The first kappa shape index (κ1) is 12.5. The van der Waals surface area contributed by atoms with Crippen molar-refractivity contribution in [2.24, 2.45) is 0 Å². The molecule has 0 atom stereocenters. The summed E-state index contributed by atoms with van der Waals surface area (Å²) in [5, 5.41) is 0. The van der Waals surface area contributed by atoms with Gasteiger partial charge in [-0.15, -0.1) is 11.3 Å². The van der Waals surface area contributed by atoms with Crippen LogP contribution in [-0.4, -0.2) is 4.98 Å². The van der Waals surface area contributed by atoms with Gasteiger partial charge < -0.3 is 4.98 Å². The zero-order chi connectivity index (χ0) is 12.4. The molecule has 1 heterocycles. The number of H-pyrrole nitrogens is 1. The maximum absolute atomic E-state index is 5.22. The maximum Gasteiger partial charge on any atom is 0.159 e. The molecule has 0 aliphatic rings. The van der Waals surface area contributed by atoms with Crippen molar-refractivity contribution in [1.29, 1.82) is 0 Å². The normalized spacial score (nSPS) is 11.1. The first-order valence-corrected chi connectivity index (χ1v) is 7.16. The summed E-state index contributed by atoms with van der Waals surface area (Å²) in [5.41, 5.74) is 3.80. The Morgan fingerprint density at radius 3 is 2.41 bits per heavy atom. The van der Waals surface area contributed by atoms with Gasteiger partial charge in [-0.25, -0.2) is 0 Å². The van der Waals surface area contributed by atoms with E-state index >= 15 is 0 Å². The monoisotopic (exact) mass is 263 g/mol. The Hall–Kier alpha value is -0.930. The van der Waals surface area contributed by atoms with Gasteiger partial charge in [0.15, 0.2) is 3.95 Å². The lowest BCUT2D eigenvalue weighted by atomic mass is 10.0. The second kappa shape index (κ2) is 5.15. The van der Waals surface area contributed by atoms with Gasteiger partial charge in [0.1, 0.15) is 0 Å². The molecule has 0 aliphatic heterocycles. The van der Waals surface area contributed by atoms with Gasteiger partial charge in [-0.3, -0.25) is 0 Å². The Labute approximate surface area is 112 Å². The number of nitrogens with one attached hydrogen (secondary N) is 1. The third kappa shape index (κ3) is 2.67. The smallest absolute Gasteiger partial charge is 0.159 e. The molecule has 17 heavy (non-hydrogen) atoms. The highest BCUT2D eigenvalue weighted by atomic mass is 32.1. The molecule has 0 fully saturated rings. The fraction of sp³-hybridized carbons (Fsp3) is 0.357. The van der Waals surface area contributed by atoms with Gasteiger partial charge in [0, 0.05) is 4.88 Å². The van der Waals surface area contributed by atoms with E-state index in [2.05, 4.69) is 50.0 Å². The number of hydrogen-bond donors (Lipinski definition) is 1. The van der Waals surface area contributed by atoms with E-state index in [4.69, 9.17) is 12.2 Å².